The molecule has 9 heteroatoms. The van der Waals surface area contributed by atoms with Gasteiger partial charge in [0.1, 0.15) is 12.4 Å². The number of likely N-dealkylation sites (tertiary alicyclic amines) is 1. The van der Waals surface area contributed by atoms with Gasteiger partial charge in [-0.2, -0.15) is 0 Å². The minimum Gasteiger partial charge on any atom is -0.492 e. The molecule has 1 heterocycles. The number of nitrogens with one attached hydrogen (secondary N) is 2. The lowest BCUT2D eigenvalue weighted by Crippen LogP contribution is -2.49. The van der Waals surface area contributed by atoms with Gasteiger partial charge in [-0.05, 0) is 58.5 Å². The fourth-order valence-corrected chi connectivity index (χ4v) is 3.18. The molecule has 1 aromatic carbocycles. The number of carbonyl (C=O) groups is 1. The summed E-state index contributed by atoms with van der Waals surface area (Å²) in [5.74, 6) is 1.67. The zero-order valence-corrected chi connectivity index (χ0v) is 21.6. The summed E-state index contributed by atoms with van der Waals surface area (Å²) < 4.78 is 10.9. The predicted octanol–water partition coefficient (Wildman–Crippen LogP) is 2.92. The zero-order chi connectivity index (χ0) is 21.8. The highest BCUT2D eigenvalue weighted by molar-refractivity contribution is 14.0. The van der Waals surface area contributed by atoms with Gasteiger partial charge in [-0.15, -0.1) is 24.0 Å². The first-order valence-corrected chi connectivity index (χ1v) is 10.8. The van der Waals surface area contributed by atoms with E-state index >= 15 is 0 Å². The van der Waals surface area contributed by atoms with E-state index in [0.29, 0.717) is 32.8 Å². The number of halogens is 1. The summed E-state index contributed by atoms with van der Waals surface area (Å²) in [6.45, 7) is 8.60. The van der Waals surface area contributed by atoms with Crippen LogP contribution in [0.3, 0.4) is 0 Å². The molecule has 176 valence electrons. The molecule has 8 nitrogen and oxygen atoms in total. The fourth-order valence-electron chi connectivity index (χ4n) is 3.18. The molecule has 0 atom stereocenters. The minimum absolute atomic E-state index is 0. The van der Waals surface area contributed by atoms with Gasteiger partial charge in [0, 0.05) is 32.2 Å². The molecule has 0 bridgehead atoms. The molecule has 1 saturated heterocycles. The van der Waals surface area contributed by atoms with Crippen molar-refractivity contribution in [1.29, 1.82) is 0 Å². The summed E-state index contributed by atoms with van der Waals surface area (Å²) in [6.07, 6.45) is 1.53. The van der Waals surface area contributed by atoms with E-state index in [1.807, 2.05) is 39.2 Å². The third-order valence-electron chi connectivity index (χ3n) is 4.83. The van der Waals surface area contributed by atoms with Crippen molar-refractivity contribution >= 4 is 36.0 Å². The monoisotopic (exact) mass is 547 g/mol. The summed E-state index contributed by atoms with van der Waals surface area (Å²) in [5, 5.41) is 6.82. The molecule has 0 unspecified atom stereocenters. The van der Waals surface area contributed by atoms with Crippen LogP contribution in [0.25, 0.3) is 0 Å². The fraction of sp³-hybridized carbons (Fsp3) is 0.636. The van der Waals surface area contributed by atoms with Crippen molar-refractivity contribution in [3.05, 3.63) is 29.8 Å². The van der Waals surface area contributed by atoms with E-state index in [4.69, 9.17) is 14.5 Å². The van der Waals surface area contributed by atoms with Crippen LogP contribution >= 0.6 is 24.0 Å². The quantitative estimate of drug-likeness (QED) is 0.281. The lowest BCUT2D eigenvalue weighted by molar-refractivity contribution is 0.0963. The second kappa shape index (κ2) is 15.1. The Balaban J connectivity index is 0.00000480. The van der Waals surface area contributed by atoms with Crippen LogP contribution in [-0.4, -0.2) is 81.4 Å². The molecule has 0 aromatic heterocycles. The minimum atomic E-state index is -0.218. The number of ether oxygens (including phenoxy) is 2. The Kier molecular flexibility index (Phi) is 13.3. The van der Waals surface area contributed by atoms with Gasteiger partial charge >= 0.3 is 6.09 Å². The molecular weight excluding hydrogens is 509 g/mol. The topological polar surface area (TPSA) is 78.4 Å². The van der Waals surface area contributed by atoms with Crippen LogP contribution in [0.2, 0.25) is 0 Å². The summed E-state index contributed by atoms with van der Waals surface area (Å²) in [7, 11) is 4.06. The second-order valence-electron chi connectivity index (χ2n) is 7.60. The average molecular weight is 547 g/mol. The van der Waals surface area contributed by atoms with Gasteiger partial charge < -0.3 is 29.9 Å². The number of rotatable bonds is 9. The van der Waals surface area contributed by atoms with E-state index in [9.17, 15) is 4.79 Å². The number of nitrogens with zero attached hydrogens (tertiary/aromatic N) is 3. The lowest BCUT2D eigenvalue weighted by Gasteiger charge is -2.32. The van der Waals surface area contributed by atoms with Gasteiger partial charge in [0.2, 0.25) is 0 Å². The molecule has 0 spiro atoms. The Bertz CT molecular complexity index is 679. The molecule has 2 N–H and O–H groups in total. The highest BCUT2D eigenvalue weighted by Crippen LogP contribution is 2.15. The SMILES string of the molecule is CCNC(=NCc1cccc(OCCN(C)C)c1)NC1CCN(C(=O)OCC)CC1.I. The molecular formula is C22H38IN5O3. The summed E-state index contributed by atoms with van der Waals surface area (Å²) in [5.41, 5.74) is 1.10. The van der Waals surface area contributed by atoms with Crippen molar-refractivity contribution in [2.24, 2.45) is 4.99 Å². The van der Waals surface area contributed by atoms with Gasteiger partial charge in [0.15, 0.2) is 5.96 Å². The number of piperidine rings is 1. The third-order valence-corrected chi connectivity index (χ3v) is 4.83. The van der Waals surface area contributed by atoms with Crippen molar-refractivity contribution < 1.29 is 14.3 Å². The van der Waals surface area contributed by atoms with Crippen LogP contribution in [0.15, 0.2) is 29.3 Å². The first-order valence-electron chi connectivity index (χ1n) is 10.8. The van der Waals surface area contributed by atoms with Gasteiger partial charge in [0.25, 0.3) is 0 Å². The number of aliphatic imine (C=N–C) groups is 1. The second-order valence-corrected chi connectivity index (χ2v) is 7.60. The van der Waals surface area contributed by atoms with Crippen molar-refractivity contribution in [2.75, 3.05) is 53.5 Å². The van der Waals surface area contributed by atoms with Crippen molar-refractivity contribution in [1.82, 2.24) is 20.4 Å². The molecule has 0 radical (unpaired) electrons. The number of guanidine groups is 1. The highest BCUT2D eigenvalue weighted by atomic mass is 127. The summed E-state index contributed by atoms with van der Waals surface area (Å²) in [4.78, 5) is 20.5. The molecule has 1 aliphatic rings. The van der Waals surface area contributed by atoms with Crippen LogP contribution in [0.4, 0.5) is 4.79 Å². The maximum atomic E-state index is 11.8. The number of hydrogen-bond acceptors (Lipinski definition) is 5. The largest absolute Gasteiger partial charge is 0.492 e. The number of carbonyl (C=O) groups excluding carboxylic acids is 1. The Morgan fingerprint density at radius 3 is 2.65 bits per heavy atom. The molecule has 0 saturated carbocycles. The molecule has 1 fully saturated rings. The van der Waals surface area contributed by atoms with Gasteiger partial charge in [-0.25, -0.2) is 9.79 Å². The molecule has 2 rings (SSSR count). The van der Waals surface area contributed by atoms with Crippen molar-refractivity contribution in [3.8, 4) is 5.75 Å². The molecule has 0 aliphatic carbocycles. The number of benzene rings is 1. The van der Waals surface area contributed by atoms with Crippen molar-refractivity contribution in [2.45, 2.75) is 39.3 Å². The van der Waals surface area contributed by atoms with Crippen LogP contribution in [-0.2, 0) is 11.3 Å². The average Bonchev–Trinajstić information content (AvgIpc) is 2.73. The molecule has 31 heavy (non-hydrogen) atoms. The number of likely N-dealkylation sites (N-methyl/N-ethyl adjacent to an activating group) is 1. The van der Waals surface area contributed by atoms with E-state index in [-0.39, 0.29) is 36.1 Å². The van der Waals surface area contributed by atoms with Gasteiger partial charge in [0.05, 0.1) is 13.2 Å². The first kappa shape index (κ1) is 27.3. The lowest BCUT2D eigenvalue weighted by atomic mass is 10.1. The van der Waals surface area contributed by atoms with E-state index < -0.39 is 0 Å². The maximum Gasteiger partial charge on any atom is 0.409 e. The zero-order valence-electron chi connectivity index (χ0n) is 19.2. The van der Waals surface area contributed by atoms with Gasteiger partial charge in [-0.3, -0.25) is 0 Å². The molecule has 1 aromatic rings. The number of hydrogen-bond donors (Lipinski definition) is 2. The van der Waals surface area contributed by atoms with Crippen molar-refractivity contribution in [3.63, 3.8) is 0 Å². The van der Waals surface area contributed by atoms with Crippen LogP contribution in [0, 0.1) is 0 Å². The molecule has 1 amide bonds. The smallest absolute Gasteiger partial charge is 0.409 e. The van der Waals surface area contributed by atoms with Crippen LogP contribution in [0.1, 0.15) is 32.3 Å². The van der Waals surface area contributed by atoms with E-state index in [2.05, 4.69) is 28.5 Å². The third kappa shape index (κ3) is 10.4. The highest BCUT2D eigenvalue weighted by Gasteiger charge is 2.24. The Morgan fingerprint density at radius 1 is 1.26 bits per heavy atom. The van der Waals surface area contributed by atoms with E-state index in [1.165, 1.54) is 0 Å². The maximum absolute atomic E-state index is 11.8. The standard InChI is InChI=1S/C22H37N5O3.HI/c1-5-23-21(25-19-10-12-27(13-11-19)22(28)29-6-2)24-17-18-8-7-9-20(16-18)30-15-14-26(3)4;/h7-9,16,19H,5-6,10-15,17H2,1-4H3,(H2,23,24,25);1H. The van der Waals surface area contributed by atoms with Gasteiger partial charge in [-0.1, -0.05) is 12.1 Å². The van der Waals surface area contributed by atoms with E-state index in [1.54, 1.807) is 4.90 Å². The number of amides is 1. The summed E-state index contributed by atoms with van der Waals surface area (Å²) >= 11 is 0. The Labute approximate surface area is 203 Å². The van der Waals surface area contributed by atoms with E-state index in [0.717, 1.165) is 43.2 Å². The Hall–Kier alpha value is -1.75. The van der Waals surface area contributed by atoms with Crippen LogP contribution in [0.5, 0.6) is 5.75 Å². The predicted molar refractivity (Wildman–Crippen MR) is 135 cm³/mol. The Morgan fingerprint density at radius 2 is 2.00 bits per heavy atom. The van der Waals surface area contributed by atoms with Crippen LogP contribution < -0.4 is 15.4 Å². The molecule has 1 aliphatic heterocycles. The summed E-state index contributed by atoms with van der Waals surface area (Å²) in [6, 6.07) is 8.36. The normalized spacial score (nSPS) is 14.7. The first-order chi connectivity index (χ1) is 14.5.